The molecule has 6 heteroatoms. The van der Waals surface area contributed by atoms with Crippen molar-refractivity contribution < 1.29 is 8.42 Å². The lowest BCUT2D eigenvalue weighted by atomic mass is 9.86. The van der Waals surface area contributed by atoms with Crippen LogP contribution < -0.4 is 10.6 Å². The number of sulfone groups is 1. The van der Waals surface area contributed by atoms with E-state index in [2.05, 4.69) is 31.4 Å². The SMILES string of the molecule is CC(C)CN=C(NCC1CCS(=O)(=O)C1)NC1CCCCC1C. The first-order valence-corrected chi connectivity index (χ1v) is 10.9. The molecule has 2 aliphatic rings. The predicted molar refractivity (Wildman–Crippen MR) is 96.5 cm³/mol. The average molecular weight is 344 g/mol. The van der Waals surface area contributed by atoms with Crippen molar-refractivity contribution >= 4 is 15.8 Å². The fourth-order valence-electron chi connectivity index (χ4n) is 3.41. The summed E-state index contributed by atoms with van der Waals surface area (Å²) in [6.07, 6.45) is 5.84. The molecule has 0 radical (unpaired) electrons. The number of nitrogens with zero attached hydrogens (tertiary/aromatic N) is 1. The van der Waals surface area contributed by atoms with Crippen LogP contribution in [0.3, 0.4) is 0 Å². The number of guanidine groups is 1. The molecule has 1 aliphatic heterocycles. The highest BCUT2D eigenvalue weighted by Gasteiger charge is 2.28. The van der Waals surface area contributed by atoms with Crippen molar-refractivity contribution in [2.24, 2.45) is 22.7 Å². The zero-order chi connectivity index (χ0) is 16.9. The summed E-state index contributed by atoms with van der Waals surface area (Å²) >= 11 is 0. The van der Waals surface area contributed by atoms with Crippen LogP contribution in [0, 0.1) is 17.8 Å². The van der Waals surface area contributed by atoms with Crippen molar-refractivity contribution in [1.82, 2.24) is 10.6 Å². The number of hydrogen-bond acceptors (Lipinski definition) is 3. The van der Waals surface area contributed by atoms with E-state index in [-0.39, 0.29) is 5.92 Å². The van der Waals surface area contributed by atoms with Crippen LogP contribution in [0.15, 0.2) is 4.99 Å². The molecule has 1 saturated heterocycles. The highest BCUT2D eigenvalue weighted by Crippen LogP contribution is 2.23. The summed E-state index contributed by atoms with van der Waals surface area (Å²) < 4.78 is 23.2. The van der Waals surface area contributed by atoms with Gasteiger partial charge in [-0.3, -0.25) is 4.99 Å². The van der Waals surface area contributed by atoms with Gasteiger partial charge in [0, 0.05) is 19.1 Å². The van der Waals surface area contributed by atoms with Gasteiger partial charge in [0.15, 0.2) is 15.8 Å². The van der Waals surface area contributed by atoms with Gasteiger partial charge < -0.3 is 10.6 Å². The van der Waals surface area contributed by atoms with Crippen LogP contribution in [-0.4, -0.2) is 45.0 Å². The van der Waals surface area contributed by atoms with Crippen molar-refractivity contribution in [1.29, 1.82) is 0 Å². The number of nitrogens with one attached hydrogen (secondary N) is 2. The Balaban J connectivity index is 1.90. The van der Waals surface area contributed by atoms with Crippen molar-refractivity contribution in [2.45, 2.75) is 58.9 Å². The second-order valence-electron chi connectivity index (χ2n) is 7.75. The molecule has 1 aliphatic carbocycles. The van der Waals surface area contributed by atoms with Gasteiger partial charge in [-0.1, -0.05) is 33.6 Å². The first-order chi connectivity index (χ1) is 10.9. The zero-order valence-electron chi connectivity index (χ0n) is 14.8. The number of rotatable bonds is 5. The van der Waals surface area contributed by atoms with E-state index in [1.54, 1.807) is 0 Å². The first kappa shape index (κ1) is 18.6. The molecule has 2 N–H and O–H groups in total. The topological polar surface area (TPSA) is 70.6 Å². The molecule has 3 unspecified atom stereocenters. The zero-order valence-corrected chi connectivity index (χ0v) is 15.7. The molecule has 3 atom stereocenters. The minimum Gasteiger partial charge on any atom is -0.356 e. The quantitative estimate of drug-likeness (QED) is 0.593. The lowest BCUT2D eigenvalue weighted by molar-refractivity contribution is 0.306. The Morgan fingerprint density at radius 1 is 1.22 bits per heavy atom. The van der Waals surface area contributed by atoms with E-state index >= 15 is 0 Å². The molecule has 2 fully saturated rings. The molecule has 0 amide bonds. The second kappa shape index (κ2) is 8.36. The summed E-state index contributed by atoms with van der Waals surface area (Å²) in [4.78, 5) is 4.69. The van der Waals surface area contributed by atoms with Gasteiger partial charge in [-0.05, 0) is 37.0 Å². The molecular formula is C17H33N3O2S. The molecule has 0 spiro atoms. The molecule has 1 heterocycles. The van der Waals surface area contributed by atoms with Gasteiger partial charge in [-0.2, -0.15) is 0 Å². The van der Waals surface area contributed by atoms with E-state index in [9.17, 15) is 8.42 Å². The van der Waals surface area contributed by atoms with E-state index in [0.717, 1.165) is 18.9 Å². The number of aliphatic imine (C=N–C) groups is 1. The Labute approximate surface area is 141 Å². The number of hydrogen-bond donors (Lipinski definition) is 2. The maximum Gasteiger partial charge on any atom is 0.191 e. The van der Waals surface area contributed by atoms with Gasteiger partial charge >= 0.3 is 0 Å². The van der Waals surface area contributed by atoms with Crippen LogP contribution in [0.4, 0.5) is 0 Å². The van der Waals surface area contributed by atoms with E-state index in [1.807, 2.05) is 0 Å². The van der Waals surface area contributed by atoms with Crippen LogP contribution in [0.2, 0.25) is 0 Å². The largest absolute Gasteiger partial charge is 0.356 e. The fraction of sp³-hybridized carbons (Fsp3) is 0.941. The highest BCUT2D eigenvalue weighted by atomic mass is 32.2. The molecule has 0 aromatic rings. The molecule has 134 valence electrons. The van der Waals surface area contributed by atoms with Gasteiger partial charge in [0.1, 0.15) is 0 Å². The monoisotopic (exact) mass is 343 g/mol. The lowest BCUT2D eigenvalue weighted by Crippen LogP contribution is -2.48. The summed E-state index contributed by atoms with van der Waals surface area (Å²) in [7, 11) is -2.81. The van der Waals surface area contributed by atoms with E-state index < -0.39 is 9.84 Å². The maximum atomic E-state index is 11.6. The third kappa shape index (κ3) is 6.32. The van der Waals surface area contributed by atoms with Crippen LogP contribution in [-0.2, 0) is 9.84 Å². The summed E-state index contributed by atoms with van der Waals surface area (Å²) in [5.41, 5.74) is 0. The van der Waals surface area contributed by atoms with Crippen LogP contribution in [0.1, 0.15) is 52.9 Å². The third-order valence-electron chi connectivity index (χ3n) is 4.93. The Morgan fingerprint density at radius 3 is 2.57 bits per heavy atom. The normalized spacial score (nSPS) is 31.3. The van der Waals surface area contributed by atoms with Gasteiger partial charge in [-0.15, -0.1) is 0 Å². The summed E-state index contributed by atoms with van der Waals surface area (Å²) in [5.74, 6) is 2.92. The Bertz CT molecular complexity index is 502. The van der Waals surface area contributed by atoms with Crippen molar-refractivity contribution in [2.75, 3.05) is 24.6 Å². The second-order valence-corrected chi connectivity index (χ2v) is 9.97. The predicted octanol–water partition coefficient (Wildman–Crippen LogP) is 2.19. The fourth-order valence-corrected chi connectivity index (χ4v) is 5.27. The van der Waals surface area contributed by atoms with Crippen molar-refractivity contribution in [3.05, 3.63) is 0 Å². The molecule has 0 aromatic heterocycles. The first-order valence-electron chi connectivity index (χ1n) is 9.11. The third-order valence-corrected chi connectivity index (χ3v) is 6.77. The van der Waals surface area contributed by atoms with Crippen molar-refractivity contribution in [3.8, 4) is 0 Å². The Hall–Kier alpha value is -0.780. The van der Waals surface area contributed by atoms with Gasteiger partial charge in [0.25, 0.3) is 0 Å². The minimum atomic E-state index is -2.81. The van der Waals surface area contributed by atoms with Gasteiger partial charge in [0.2, 0.25) is 0 Å². The lowest BCUT2D eigenvalue weighted by Gasteiger charge is -2.31. The molecule has 2 rings (SSSR count). The van der Waals surface area contributed by atoms with Gasteiger partial charge in [-0.25, -0.2) is 8.42 Å². The summed E-state index contributed by atoms with van der Waals surface area (Å²) in [6.45, 7) is 8.12. The summed E-state index contributed by atoms with van der Waals surface area (Å²) in [5, 5.41) is 6.99. The van der Waals surface area contributed by atoms with E-state index in [1.165, 1.54) is 25.7 Å². The van der Waals surface area contributed by atoms with Crippen LogP contribution in [0.5, 0.6) is 0 Å². The highest BCUT2D eigenvalue weighted by molar-refractivity contribution is 7.91. The molecule has 1 saturated carbocycles. The van der Waals surface area contributed by atoms with Gasteiger partial charge in [0.05, 0.1) is 11.5 Å². The smallest absolute Gasteiger partial charge is 0.191 e. The van der Waals surface area contributed by atoms with Crippen LogP contribution >= 0.6 is 0 Å². The average Bonchev–Trinajstić information content (AvgIpc) is 2.83. The maximum absolute atomic E-state index is 11.6. The van der Waals surface area contributed by atoms with E-state index in [0.29, 0.717) is 35.9 Å². The molecule has 23 heavy (non-hydrogen) atoms. The molecular weight excluding hydrogens is 310 g/mol. The van der Waals surface area contributed by atoms with E-state index in [4.69, 9.17) is 4.99 Å². The Morgan fingerprint density at radius 2 is 1.96 bits per heavy atom. The molecule has 5 nitrogen and oxygen atoms in total. The van der Waals surface area contributed by atoms with Crippen molar-refractivity contribution in [3.63, 3.8) is 0 Å². The minimum absolute atomic E-state index is 0.217. The van der Waals surface area contributed by atoms with Crippen LogP contribution in [0.25, 0.3) is 0 Å². The Kier molecular flexibility index (Phi) is 6.74. The molecule has 0 bridgehead atoms. The summed E-state index contributed by atoms with van der Waals surface area (Å²) in [6, 6.07) is 0.481. The standard InChI is InChI=1S/C17H33N3O2S/c1-13(2)10-18-17(20-16-7-5-4-6-14(16)3)19-11-15-8-9-23(21,22)12-15/h13-16H,4-12H2,1-3H3,(H2,18,19,20). The molecule has 0 aromatic carbocycles.